The Hall–Kier alpha value is -4.31. The number of phosphoric ester groups is 2. The molecule has 0 aromatic carbocycles. The molecule has 99 heavy (non-hydrogen) atoms. The summed E-state index contributed by atoms with van der Waals surface area (Å²) in [5, 5.41) is 20.6. The number of hydrogen-bond acceptors (Lipinski definition) is 14. The van der Waals surface area contributed by atoms with Crippen molar-refractivity contribution in [3.05, 3.63) is 134 Å². The fraction of sp³-hybridized carbons (Fsp3) is 0.691. The van der Waals surface area contributed by atoms with Gasteiger partial charge >= 0.3 is 33.6 Å². The number of ether oxygens (including phenoxy) is 3. The van der Waals surface area contributed by atoms with Crippen molar-refractivity contribution >= 4 is 33.6 Å². The van der Waals surface area contributed by atoms with E-state index in [-0.39, 0.29) is 19.3 Å². The Kier molecular flexibility index (Phi) is 70.2. The van der Waals surface area contributed by atoms with E-state index in [2.05, 4.69) is 154 Å². The summed E-state index contributed by atoms with van der Waals surface area (Å²) in [6.45, 7) is 2.39. The summed E-state index contributed by atoms with van der Waals surface area (Å²) >= 11 is 0. The van der Waals surface area contributed by atoms with Crippen molar-refractivity contribution in [2.45, 2.75) is 322 Å². The highest BCUT2D eigenvalue weighted by molar-refractivity contribution is 7.47. The molecule has 5 atom stereocenters. The van der Waals surface area contributed by atoms with Crippen molar-refractivity contribution in [3.63, 3.8) is 0 Å². The molecule has 0 spiro atoms. The zero-order chi connectivity index (χ0) is 72.3. The molecular formula is C81H138O16P2. The Morgan fingerprint density at radius 2 is 0.535 bits per heavy atom. The van der Waals surface area contributed by atoms with Crippen LogP contribution in [0.4, 0.5) is 0 Å². The highest BCUT2D eigenvalue weighted by Crippen LogP contribution is 2.45. The lowest BCUT2D eigenvalue weighted by Gasteiger charge is -2.21. The number of carbonyl (C=O) groups excluding carboxylic acids is 3. The van der Waals surface area contributed by atoms with Crippen molar-refractivity contribution in [2.75, 3.05) is 39.6 Å². The van der Waals surface area contributed by atoms with E-state index >= 15 is 0 Å². The van der Waals surface area contributed by atoms with Gasteiger partial charge in [0.1, 0.15) is 25.4 Å². The zero-order valence-corrected chi connectivity index (χ0v) is 63.7. The molecule has 0 heterocycles. The van der Waals surface area contributed by atoms with Gasteiger partial charge in [-0.25, -0.2) is 9.13 Å². The molecule has 0 radical (unpaired) electrons. The molecule has 0 saturated carbocycles. The molecule has 0 bridgehead atoms. The van der Waals surface area contributed by atoms with E-state index in [0.29, 0.717) is 19.3 Å². The van der Waals surface area contributed by atoms with E-state index in [4.69, 9.17) is 32.3 Å². The number of carbonyl (C=O) groups is 3. The topological polar surface area (TPSA) is 231 Å². The smallest absolute Gasteiger partial charge is 0.463 e. The van der Waals surface area contributed by atoms with Crippen LogP contribution < -0.4 is 0 Å². The molecule has 0 saturated heterocycles. The van der Waals surface area contributed by atoms with Gasteiger partial charge in [0, 0.05) is 19.3 Å². The first-order chi connectivity index (χ1) is 48.2. The van der Waals surface area contributed by atoms with Crippen LogP contribution in [0, 0.1) is 0 Å². The molecule has 0 aromatic rings. The Balaban J connectivity index is 4.48. The Morgan fingerprint density at radius 3 is 0.859 bits per heavy atom. The molecule has 568 valence electrons. The van der Waals surface area contributed by atoms with Crippen LogP contribution >= 0.6 is 15.6 Å². The van der Waals surface area contributed by atoms with E-state index in [1.54, 1.807) is 0 Å². The fourth-order valence-electron chi connectivity index (χ4n) is 10.0. The SMILES string of the molecule is CC/C=C\C/C=C\C/C=C\C/C=C\C/C=C\CCCCCCCCCCCCCC(=O)OCC(O)COP(=O)(O)OCC(O)COP(=O)(O)OCC(COC(=O)CCCCCCCCCCC/C=C\C/C=C\C/C=C\C/C=C\C/C=C\CC)OC(=O)CCCCCCC/C=C\CCCC. The van der Waals surface area contributed by atoms with Gasteiger partial charge in [-0.1, -0.05) is 289 Å². The number of aliphatic hydroxyl groups excluding tert-OH is 2. The predicted octanol–water partition coefficient (Wildman–Crippen LogP) is 22.3. The quantitative estimate of drug-likeness (QED) is 0.0146. The van der Waals surface area contributed by atoms with Gasteiger partial charge in [-0.2, -0.15) is 0 Å². The van der Waals surface area contributed by atoms with Crippen LogP contribution in [-0.4, -0.2) is 95.9 Å². The van der Waals surface area contributed by atoms with Crippen molar-refractivity contribution in [1.82, 2.24) is 0 Å². The number of esters is 3. The standard InChI is InChI=1S/C81H138O16P2/c1-4-7-10-13-16-19-22-24-26-28-30-32-34-36-37-39-41-42-44-46-48-50-53-55-58-61-64-67-79(84)91-70-76(82)71-93-98(87,88)94-72-77(83)73-95-99(89,90)96-75-78(97-81(86)69-66-63-60-57-52-21-18-15-12-9-6-3)74-92-80(85)68-65-62-59-56-54-51-49-47-45-43-40-38-35-33-31-29-27-25-23-20-17-14-11-8-5-2/h7-8,10-11,15-20,24-27,30-33,36-38,40,76-78,82-83H,4-6,9,12-14,21-23,28-29,34-35,39,41-75H2,1-3H3,(H,87,88)(H,89,90)/b10-7-,11-8-,18-15-,19-16-,20-17-,26-24-,27-25-,32-30-,33-31-,37-36-,40-38-. The second kappa shape index (κ2) is 73.4. The molecular weight excluding hydrogens is 1290 g/mol. The molecule has 0 amide bonds. The van der Waals surface area contributed by atoms with Crippen LogP contribution in [-0.2, 0) is 55.8 Å². The third-order valence-corrected chi connectivity index (χ3v) is 17.7. The first-order valence-corrected chi connectivity index (χ1v) is 41.5. The first-order valence-electron chi connectivity index (χ1n) is 38.5. The largest absolute Gasteiger partial charge is 0.472 e. The van der Waals surface area contributed by atoms with Crippen molar-refractivity contribution in [2.24, 2.45) is 0 Å². The van der Waals surface area contributed by atoms with Crippen LogP contribution in [0.3, 0.4) is 0 Å². The molecule has 0 fully saturated rings. The number of phosphoric acid groups is 2. The van der Waals surface area contributed by atoms with E-state index in [9.17, 15) is 43.5 Å². The summed E-state index contributed by atoms with van der Waals surface area (Å²) in [5.74, 6) is -1.59. The molecule has 5 unspecified atom stereocenters. The van der Waals surface area contributed by atoms with Gasteiger partial charge < -0.3 is 34.2 Å². The zero-order valence-electron chi connectivity index (χ0n) is 61.9. The number of hydrogen-bond donors (Lipinski definition) is 4. The summed E-state index contributed by atoms with van der Waals surface area (Å²) in [7, 11) is -9.79. The highest BCUT2D eigenvalue weighted by Gasteiger charge is 2.29. The van der Waals surface area contributed by atoms with E-state index in [0.717, 1.165) is 161 Å². The number of rotatable bonds is 72. The van der Waals surface area contributed by atoms with Gasteiger partial charge in [0.05, 0.1) is 26.4 Å². The number of unbranched alkanes of at least 4 members (excludes halogenated alkanes) is 27. The second-order valence-corrected chi connectivity index (χ2v) is 28.3. The molecule has 16 nitrogen and oxygen atoms in total. The third-order valence-electron chi connectivity index (χ3n) is 15.8. The van der Waals surface area contributed by atoms with Crippen molar-refractivity contribution in [1.29, 1.82) is 0 Å². The number of allylic oxidation sites excluding steroid dienone is 22. The molecule has 0 aliphatic rings. The minimum absolute atomic E-state index is 0.0905. The molecule has 18 heteroatoms. The van der Waals surface area contributed by atoms with E-state index in [1.165, 1.54) is 83.5 Å². The summed E-state index contributed by atoms with van der Waals surface area (Å²) in [5.41, 5.74) is 0. The Labute approximate surface area is 601 Å². The summed E-state index contributed by atoms with van der Waals surface area (Å²) in [6.07, 6.45) is 88.0. The van der Waals surface area contributed by atoms with Gasteiger partial charge in [-0.05, 0) is 128 Å². The van der Waals surface area contributed by atoms with Gasteiger partial charge in [-0.3, -0.25) is 32.5 Å². The lowest BCUT2D eigenvalue weighted by molar-refractivity contribution is -0.161. The van der Waals surface area contributed by atoms with Gasteiger partial charge in [0.2, 0.25) is 0 Å². The van der Waals surface area contributed by atoms with E-state index < -0.39 is 91.5 Å². The monoisotopic (exact) mass is 1430 g/mol. The first kappa shape index (κ1) is 94.7. The molecule has 0 rings (SSSR count). The lowest BCUT2D eigenvalue weighted by Crippen LogP contribution is -2.30. The molecule has 0 aliphatic heterocycles. The maximum absolute atomic E-state index is 12.9. The predicted molar refractivity (Wildman–Crippen MR) is 408 cm³/mol. The van der Waals surface area contributed by atoms with Crippen LogP contribution in [0.2, 0.25) is 0 Å². The minimum Gasteiger partial charge on any atom is -0.463 e. The number of aliphatic hydroxyl groups is 2. The maximum atomic E-state index is 12.9. The Morgan fingerprint density at radius 1 is 0.293 bits per heavy atom. The third kappa shape index (κ3) is 74.7. The van der Waals surface area contributed by atoms with E-state index in [1.807, 2.05) is 0 Å². The van der Waals surface area contributed by atoms with Crippen molar-refractivity contribution in [3.8, 4) is 0 Å². The lowest BCUT2D eigenvalue weighted by atomic mass is 10.0. The van der Waals surface area contributed by atoms with Crippen LogP contribution in [0.25, 0.3) is 0 Å². The summed E-state index contributed by atoms with van der Waals surface area (Å²) in [4.78, 5) is 58.5. The van der Waals surface area contributed by atoms with Gasteiger partial charge in [0.25, 0.3) is 0 Å². The highest BCUT2D eigenvalue weighted by atomic mass is 31.2. The molecule has 0 aromatic heterocycles. The average molecular weight is 1430 g/mol. The normalized spacial score (nSPS) is 14.8. The van der Waals surface area contributed by atoms with Crippen molar-refractivity contribution < 1.29 is 75.8 Å². The van der Waals surface area contributed by atoms with Gasteiger partial charge in [-0.15, -0.1) is 0 Å². The van der Waals surface area contributed by atoms with Crippen LogP contribution in [0.5, 0.6) is 0 Å². The minimum atomic E-state index is -4.93. The summed E-state index contributed by atoms with van der Waals surface area (Å²) < 4.78 is 61.0. The average Bonchev–Trinajstić information content (AvgIpc) is 1.26. The fourth-order valence-corrected chi connectivity index (χ4v) is 11.6. The van der Waals surface area contributed by atoms with Crippen LogP contribution in [0.15, 0.2) is 134 Å². The Bertz CT molecular complexity index is 2330. The molecule has 0 aliphatic carbocycles. The van der Waals surface area contributed by atoms with Crippen LogP contribution in [0.1, 0.15) is 303 Å². The second-order valence-electron chi connectivity index (χ2n) is 25.4. The molecule has 4 N–H and O–H groups in total. The maximum Gasteiger partial charge on any atom is 0.472 e. The summed E-state index contributed by atoms with van der Waals surface area (Å²) in [6, 6.07) is 0. The van der Waals surface area contributed by atoms with Gasteiger partial charge in [0.15, 0.2) is 6.10 Å².